The van der Waals surface area contributed by atoms with Gasteiger partial charge in [-0.2, -0.15) is 0 Å². The highest BCUT2D eigenvalue weighted by Crippen LogP contribution is 2.40. The first kappa shape index (κ1) is 15.0. The molecule has 0 spiro atoms. The standard InChI is InChI=1S/C17H19NO3S/c1-17(2)9-14-16(15(19)10-17)13(11-18(14)22(3,20)21)12-7-5-4-6-8-12/h4-8,11H,9-10H2,1-3H3. The summed E-state index contributed by atoms with van der Waals surface area (Å²) in [4.78, 5) is 12.6. The second-order valence-corrected chi connectivity index (χ2v) is 8.59. The van der Waals surface area contributed by atoms with E-state index in [1.165, 1.54) is 10.2 Å². The third-order valence-electron chi connectivity index (χ3n) is 4.08. The van der Waals surface area contributed by atoms with E-state index in [2.05, 4.69) is 0 Å². The fourth-order valence-electron chi connectivity index (χ4n) is 3.17. The van der Waals surface area contributed by atoms with Crippen LogP contribution < -0.4 is 0 Å². The molecule has 1 aliphatic rings. The van der Waals surface area contributed by atoms with Crippen LogP contribution in [0, 0.1) is 5.41 Å². The van der Waals surface area contributed by atoms with Crippen molar-refractivity contribution in [2.75, 3.05) is 6.26 Å². The molecule has 0 fully saturated rings. The van der Waals surface area contributed by atoms with Crippen molar-refractivity contribution >= 4 is 15.8 Å². The van der Waals surface area contributed by atoms with Gasteiger partial charge in [-0.1, -0.05) is 44.2 Å². The third-order valence-corrected chi connectivity index (χ3v) is 5.12. The summed E-state index contributed by atoms with van der Waals surface area (Å²) in [6.07, 6.45) is 3.78. The van der Waals surface area contributed by atoms with Crippen LogP contribution in [0.15, 0.2) is 36.5 Å². The lowest BCUT2D eigenvalue weighted by atomic mass is 9.75. The zero-order chi connectivity index (χ0) is 16.1. The van der Waals surface area contributed by atoms with E-state index in [4.69, 9.17) is 0 Å². The smallest absolute Gasteiger partial charge is 0.235 e. The van der Waals surface area contributed by atoms with Gasteiger partial charge in [0, 0.05) is 29.4 Å². The van der Waals surface area contributed by atoms with Gasteiger partial charge in [0.25, 0.3) is 0 Å². The molecule has 22 heavy (non-hydrogen) atoms. The van der Waals surface area contributed by atoms with Crippen molar-refractivity contribution in [3.05, 3.63) is 47.8 Å². The fourth-order valence-corrected chi connectivity index (χ4v) is 4.03. The monoisotopic (exact) mass is 317 g/mol. The number of carbonyl (C=O) groups is 1. The Labute approximate surface area is 130 Å². The van der Waals surface area contributed by atoms with Gasteiger partial charge in [0.2, 0.25) is 10.0 Å². The van der Waals surface area contributed by atoms with Gasteiger partial charge in [-0.25, -0.2) is 12.4 Å². The van der Waals surface area contributed by atoms with Crippen molar-refractivity contribution in [2.45, 2.75) is 26.7 Å². The van der Waals surface area contributed by atoms with E-state index in [-0.39, 0.29) is 11.2 Å². The van der Waals surface area contributed by atoms with Crippen molar-refractivity contribution in [3.63, 3.8) is 0 Å². The molecule has 0 aliphatic heterocycles. The highest BCUT2D eigenvalue weighted by molar-refractivity contribution is 7.89. The molecule has 0 atom stereocenters. The molecule has 1 aromatic carbocycles. The minimum Gasteiger partial charge on any atom is -0.294 e. The fraction of sp³-hybridized carbons (Fsp3) is 0.353. The van der Waals surface area contributed by atoms with Gasteiger partial charge >= 0.3 is 0 Å². The van der Waals surface area contributed by atoms with E-state index in [9.17, 15) is 13.2 Å². The van der Waals surface area contributed by atoms with Crippen LogP contribution in [0.1, 0.15) is 36.3 Å². The van der Waals surface area contributed by atoms with Crippen LogP contribution >= 0.6 is 0 Å². The Morgan fingerprint density at radius 1 is 1.09 bits per heavy atom. The van der Waals surface area contributed by atoms with Crippen LogP contribution in [0.2, 0.25) is 0 Å². The SMILES string of the molecule is CC1(C)CC(=O)c2c(-c3ccccc3)cn(S(C)(=O)=O)c2C1. The molecule has 0 saturated carbocycles. The summed E-state index contributed by atoms with van der Waals surface area (Å²) in [6.45, 7) is 3.99. The molecule has 0 saturated heterocycles. The molecule has 2 aromatic rings. The average Bonchev–Trinajstić information content (AvgIpc) is 2.77. The molecular weight excluding hydrogens is 298 g/mol. The number of hydrogen-bond acceptors (Lipinski definition) is 3. The summed E-state index contributed by atoms with van der Waals surface area (Å²) < 4.78 is 25.5. The average molecular weight is 317 g/mol. The highest BCUT2D eigenvalue weighted by atomic mass is 32.2. The molecule has 1 aromatic heterocycles. The Morgan fingerprint density at radius 2 is 1.73 bits per heavy atom. The summed E-state index contributed by atoms with van der Waals surface area (Å²) in [5, 5.41) is 0. The number of nitrogens with zero attached hydrogens (tertiary/aromatic N) is 1. The maximum absolute atomic E-state index is 12.6. The number of rotatable bonds is 2. The maximum atomic E-state index is 12.6. The molecule has 0 radical (unpaired) electrons. The van der Waals surface area contributed by atoms with Crippen LogP contribution in [0.5, 0.6) is 0 Å². The number of hydrogen-bond donors (Lipinski definition) is 0. The zero-order valence-electron chi connectivity index (χ0n) is 13.0. The van der Waals surface area contributed by atoms with Gasteiger partial charge in [-0.15, -0.1) is 0 Å². The summed E-state index contributed by atoms with van der Waals surface area (Å²) >= 11 is 0. The number of ketones is 1. The van der Waals surface area contributed by atoms with Crippen LogP contribution in [-0.4, -0.2) is 24.4 Å². The van der Waals surface area contributed by atoms with Crippen molar-refractivity contribution in [3.8, 4) is 11.1 Å². The second kappa shape index (κ2) is 4.81. The quantitative estimate of drug-likeness (QED) is 0.855. The third kappa shape index (κ3) is 2.50. The lowest BCUT2D eigenvalue weighted by molar-refractivity contribution is 0.0912. The second-order valence-electron chi connectivity index (χ2n) is 6.73. The van der Waals surface area contributed by atoms with Gasteiger partial charge in [-0.05, 0) is 17.4 Å². The molecule has 116 valence electrons. The van der Waals surface area contributed by atoms with Crippen LogP contribution in [0.3, 0.4) is 0 Å². The molecule has 0 unspecified atom stereocenters. The molecule has 0 amide bonds. The molecule has 1 aliphatic carbocycles. The van der Waals surface area contributed by atoms with Crippen molar-refractivity contribution in [1.29, 1.82) is 0 Å². The minimum atomic E-state index is -3.44. The van der Waals surface area contributed by atoms with Crippen molar-refractivity contribution in [1.82, 2.24) is 3.97 Å². The van der Waals surface area contributed by atoms with E-state index in [1.54, 1.807) is 6.20 Å². The molecule has 5 heteroatoms. The summed E-state index contributed by atoms with van der Waals surface area (Å²) in [5.41, 5.74) is 2.54. The summed E-state index contributed by atoms with van der Waals surface area (Å²) in [7, 11) is -3.44. The number of aromatic nitrogens is 1. The largest absolute Gasteiger partial charge is 0.294 e. The zero-order valence-corrected chi connectivity index (χ0v) is 13.8. The lowest BCUT2D eigenvalue weighted by Gasteiger charge is -2.29. The Kier molecular flexibility index (Phi) is 3.29. The molecule has 1 heterocycles. The first-order valence-electron chi connectivity index (χ1n) is 7.22. The van der Waals surface area contributed by atoms with Gasteiger partial charge in [-0.3, -0.25) is 4.79 Å². The predicted octanol–water partition coefficient (Wildman–Crippen LogP) is 3.12. The lowest BCUT2D eigenvalue weighted by Crippen LogP contribution is -2.29. The van der Waals surface area contributed by atoms with Gasteiger partial charge in [0.1, 0.15) is 0 Å². The number of benzene rings is 1. The number of carbonyl (C=O) groups excluding carboxylic acids is 1. The minimum absolute atomic E-state index is 0.0208. The Bertz CT molecular complexity index is 846. The Morgan fingerprint density at radius 3 is 2.32 bits per heavy atom. The normalized spacial score (nSPS) is 17.3. The van der Waals surface area contributed by atoms with Crippen LogP contribution in [0.25, 0.3) is 11.1 Å². The summed E-state index contributed by atoms with van der Waals surface area (Å²) in [5.74, 6) is 0.0208. The van der Waals surface area contributed by atoms with Crippen molar-refractivity contribution in [2.24, 2.45) is 5.41 Å². The maximum Gasteiger partial charge on any atom is 0.235 e. The van der Waals surface area contributed by atoms with Gasteiger partial charge in [0.05, 0.1) is 6.26 Å². The first-order chi connectivity index (χ1) is 10.2. The van der Waals surface area contributed by atoms with Crippen molar-refractivity contribution < 1.29 is 13.2 Å². The highest BCUT2D eigenvalue weighted by Gasteiger charge is 2.37. The predicted molar refractivity (Wildman–Crippen MR) is 86.5 cm³/mol. The van der Waals surface area contributed by atoms with Crippen LogP contribution in [-0.2, 0) is 16.4 Å². The molecule has 0 bridgehead atoms. The summed E-state index contributed by atoms with van der Waals surface area (Å²) in [6, 6.07) is 9.46. The number of Topliss-reactive ketones (excluding diaryl/α,β-unsaturated/α-hetero) is 1. The number of fused-ring (bicyclic) bond motifs is 1. The van der Waals surface area contributed by atoms with E-state index in [0.29, 0.717) is 29.7 Å². The molecule has 0 N–H and O–H groups in total. The van der Waals surface area contributed by atoms with E-state index in [0.717, 1.165) is 5.56 Å². The van der Waals surface area contributed by atoms with E-state index < -0.39 is 10.0 Å². The van der Waals surface area contributed by atoms with Gasteiger partial charge in [0.15, 0.2) is 5.78 Å². The Balaban J connectivity index is 2.32. The van der Waals surface area contributed by atoms with E-state index in [1.807, 2.05) is 44.2 Å². The van der Waals surface area contributed by atoms with E-state index >= 15 is 0 Å². The molecular formula is C17H19NO3S. The molecule has 3 rings (SSSR count). The first-order valence-corrected chi connectivity index (χ1v) is 9.07. The molecule has 4 nitrogen and oxygen atoms in total. The van der Waals surface area contributed by atoms with Gasteiger partial charge < -0.3 is 0 Å². The van der Waals surface area contributed by atoms with Crippen LogP contribution in [0.4, 0.5) is 0 Å². The Hall–Kier alpha value is -1.88. The topological polar surface area (TPSA) is 56.1 Å².